The summed E-state index contributed by atoms with van der Waals surface area (Å²) >= 11 is 3.05. The molecule has 2 N–H and O–H groups in total. The summed E-state index contributed by atoms with van der Waals surface area (Å²) in [7, 11) is 0. The van der Waals surface area contributed by atoms with Gasteiger partial charge in [0.25, 0.3) is 5.91 Å². The Labute approximate surface area is 131 Å². The van der Waals surface area contributed by atoms with Crippen LogP contribution in [-0.4, -0.2) is 22.6 Å². The maximum absolute atomic E-state index is 12.0. The van der Waals surface area contributed by atoms with Crippen molar-refractivity contribution in [3.63, 3.8) is 0 Å². The van der Waals surface area contributed by atoms with Gasteiger partial charge in [-0.15, -0.1) is 22.7 Å². The Morgan fingerprint density at radius 2 is 2.38 bits per heavy atom. The number of carbonyl (C=O) groups is 1. The fraction of sp³-hybridized carbons (Fsp3) is 0.333. The van der Waals surface area contributed by atoms with Gasteiger partial charge in [0.05, 0.1) is 23.6 Å². The summed E-state index contributed by atoms with van der Waals surface area (Å²) in [6.07, 6.45) is 3.26. The lowest BCUT2D eigenvalue weighted by Gasteiger charge is -2.00. The number of aryl methyl sites for hydroxylation is 1. The molecule has 2 aromatic heterocycles. The van der Waals surface area contributed by atoms with Crippen LogP contribution in [0.25, 0.3) is 0 Å². The van der Waals surface area contributed by atoms with E-state index in [1.807, 2.05) is 6.20 Å². The molecule has 110 valence electrons. The Balaban J connectivity index is 1.90. The number of aliphatic hydroxyl groups excluding tert-OH is 1. The van der Waals surface area contributed by atoms with Crippen LogP contribution in [0, 0.1) is 11.8 Å². The summed E-state index contributed by atoms with van der Waals surface area (Å²) in [4.78, 5) is 18.3. The Morgan fingerprint density at radius 3 is 3.10 bits per heavy atom. The second-order valence-electron chi connectivity index (χ2n) is 4.23. The van der Waals surface area contributed by atoms with Gasteiger partial charge in [0.2, 0.25) is 0 Å². The number of hydrogen-bond acceptors (Lipinski definition) is 5. The van der Waals surface area contributed by atoms with Gasteiger partial charge in [-0.2, -0.15) is 0 Å². The summed E-state index contributed by atoms with van der Waals surface area (Å²) < 4.78 is 0. The van der Waals surface area contributed by atoms with Crippen LogP contribution in [0.2, 0.25) is 0 Å². The average Bonchev–Trinajstić information content (AvgIpc) is 3.14. The summed E-state index contributed by atoms with van der Waals surface area (Å²) in [5.74, 6) is 5.65. The standard InChI is InChI=1S/C15H16N2O2S2/c1-2-12-8-16-14(21-12)9-17-15(19)11-7-13(20-10-11)5-3-4-6-18/h7-8,10,18H,2,4,6,9H2,1H3,(H,17,19). The molecular weight excluding hydrogens is 304 g/mol. The van der Waals surface area contributed by atoms with Crippen LogP contribution in [0.3, 0.4) is 0 Å². The van der Waals surface area contributed by atoms with Crippen molar-refractivity contribution in [3.8, 4) is 11.8 Å². The number of carbonyl (C=O) groups excluding carboxylic acids is 1. The van der Waals surface area contributed by atoms with Gasteiger partial charge in [0, 0.05) is 22.9 Å². The van der Waals surface area contributed by atoms with E-state index in [0.29, 0.717) is 18.5 Å². The number of nitrogens with zero attached hydrogens (tertiary/aromatic N) is 1. The number of amides is 1. The molecule has 4 nitrogen and oxygen atoms in total. The van der Waals surface area contributed by atoms with Crippen LogP contribution in [0.1, 0.15) is 38.5 Å². The Bertz CT molecular complexity index is 665. The predicted octanol–water partition coefficient (Wildman–Crippen LogP) is 2.43. The molecule has 0 radical (unpaired) electrons. The molecule has 0 aromatic carbocycles. The van der Waals surface area contributed by atoms with E-state index in [1.54, 1.807) is 22.8 Å². The molecule has 6 heteroatoms. The van der Waals surface area contributed by atoms with E-state index in [2.05, 4.69) is 29.1 Å². The van der Waals surface area contributed by atoms with Crippen molar-refractivity contribution in [2.75, 3.05) is 6.61 Å². The maximum Gasteiger partial charge on any atom is 0.252 e. The molecular formula is C15H16N2O2S2. The van der Waals surface area contributed by atoms with Gasteiger partial charge in [-0.1, -0.05) is 18.8 Å². The highest BCUT2D eigenvalue weighted by Gasteiger charge is 2.09. The summed E-state index contributed by atoms with van der Waals surface area (Å²) in [6.45, 7) is 2.59. The molecule has 0 aliphatic carbocycles. The predicted molar refractivity (Wildman–Crippen MR) is 85.6 cm³/mol. The zero-order chi connectivity index (χ0) is 15.1. The number of thiophene rings is 1. The van der Waals surface area contributed by atoms with Crippen molar-refractivity contribution in [1.82, 2.24) is 10.3 Å². The molecule has 0 saturated carbocycles. The van der Waals surface area contributed by atoms with Crippen LogP contribution < -0.4 is 5.32 Å². The monoisotopic (exact) mass is 320 g/mol. The molecule has 0 atom stereocenters. The zero-order valence-corrected chi connectivity index (χ0v) is 13.3. The lowest BCUT2D eigenvalue weighted by Crippen LogP contribution is -2.22. The summed E-state index contributed by atoms with van der Waals surface area (Å²) in [6, 6.07) is 1.77. The fourth-order valence-corrected chi connectivity index (χ4v) is 3.13. The van der Waals surface area contributed by atoms with Crippen molar-refractivity contribution in [1.29, 1.82) is 0 Å². The van der Waals surface area contributed by atoms with Crippen LogP contribution in [0.4, 0.5) is 0 Å². The van der Waals surface area contributed by atoms with Gasteiger partial charge in [-0.05, 0) is 12.5 Å². The molecule has 2 aromatic rings. The smallest absolute Gasteiger partial charge is 0.252 e. The number of aromatic nitrogens is 1. The van der Waals surface area contributed by atoms with E-state index < -0.39 is 0 Å². The van der Waals surface area contributed by atoms with Crippen LogP contribution >= 0.6 is 22.7 Å². The molecule has 2 rings (SSSR count). The maximum atomic E-state index is 12.0. The second-order valence-corrected chi connectivity index (χ2v) is 6.34. The SMILES string of the molecule is CCc1cnc(CNC(=O)c2csc(C#CCCO)c2)s1. The minimum atomic E-state index is -0.116. The van der Waals surface area contributed by atoms with Gasteiger partial charge in [0.15, 0.2) is 0 Å². The molecule has 0 aliphatic heterocycles. The van der Waals surface area contributed by atoms with Crippen molar-refractivity contribution in [2.45, 2.75) is 26.3 Å². The minimum absolute atomic E-state index is 0.0548. The Morgan fingerprint density at radius 1 is 1.52 bits per heavy atom. The summed E-state index contributed by atoms with van der Waals surface area (Å²) in [5, 5.41) is 14.2. The fourth-order valence-electron chi connectivity index (χ4n) is 1.58. The highest BCUT2D eigenvalue weighted by atomic mass is 32.1. The number of aliphatic hydroxyl groups is 1. The van der Waals surface area contributed by atoms with Crippen molar-refractivity contribution >= 4 is 28.6 Å². The quantitative estimate of drug-likeness (QED) is 0.832. The summed E-state index contributed by atoms with van der Waals surface area (Å²) in [5.41, 5.74) is 0.612. The van der Waals surface area contributed by atoms with Crippen LogP contribution in [-0.2, 0) is 13.0 Å². The van der Waals surface area contributed by atoms with Crippen molar-refractivity contribution in [2.24, 2.45) is 0 Å². The van der Waals surface area contributed by atoms with E-state index in [0.717, 1.165) is 16.3 Å². The third kappa shape index (κ3) is 4.67. The second kappa shape index (κ2) is 7.93. The molecule has 0 spiro atoms. The lowest BCUT2D eigenvalue weighted by molar-refractivity contribution is 0.0951. The molecule has 0 fully saturated rings. The molecule has 21 heavy (non-hydrogen) atoms. The highest BCUT2D eigenvalue weighted by Crippen LogP contribution is 2.15. The van der Waals surface area contributed by atoms with Crippen LogP contribution in [0.5, 0.6) is 0 Å². The molecule has 1 amide bonds. The first kappa shape index (κ1) is 15.7. The molecule has 2 heterocycles. The van der Waals surface area contributed by atoms with Gasteiger partial charge in [0.1, 0.15) is 5.01 Å². The molecule has 0 saturated heterocycles. The van der Waals surface area contributed by atoms with E-state index in [4.69, 9.17) is 5.11 Å². The lowest BCUT2D eigenvalue weighted by atomic mass is 10.3. The number of nitrogens with one attached hydrogen (secondary N) is 1. The minimum Gasteiger partial charge on any atom is -0.395 e. The molecule has 0 bridgehead atoms. The van der Waals surface area contributed by atoms with Gasteiger partial charge in [-0.3, -0.25) is 4.79 Å². The van der Waals surface area contributed by atoms with E-state index in [1.165, 1.54) is 16.2 Å². The molecule has 0 aliphatic rings. The first-order valence-corrected chi connectivity index (χ1v) is 8.32. The van der Waals surface area contributed by atoms with Crippen molar-refractivity contribution < 1.29 is 9.90 Å². The molecule has 0 unspecified atom stereocenters. The van der Waals surface area contributed by atoms with E-state index >= 15 is 0 Å². The normalized spacial score (nSPS) is 10.0. The Kier molecular flexibility index (Phi) is 5.93. The number of hydrogen-bond donors (Lipinski definition) is 2. The third-order valence-electron chi connectivity index (χ3n) is 2.66. The zero-order valence-electron chi connectivity index (χ0n) is 11.7. The third-order valence-corrected chi connectivity index (χ3v) is 4.65. The van der Waals surface area contributed by atoms with Gasteiger partial charge in [-0.25, -0.2) is 4.98 Å². The van der Waals surface area contributed by atoms with E-state index in [-0.39, 0.29) is 12.5 Å². The average molecular weight is 320 g/mol. The Hall–Kier alpha value is -1.68. The van der Waals surface area contributed by atoms with Gasteiger partial charge >= 0.3 is 0 Å². The van der Waals surface area contributed by atoms with Gasteiger partial charge < -0.3 is 10.4 Å². The van der Waals surface area contributed by atoms with Crippen molar-refractivity contribution in [3.05, 3.63) is 38.0 Å². The first-order chi connectivity index (χ1) is 10.2. The topological polar surface area (TPSA) is 62.2 Å². The first-order valence-electron chi connectivity index (χ1n) is 6.63. The largest absolute Gasteiger partial charge is 0.395 e. The number of thiazole rings is 1. The number of rotatable bonds is 5. The van der Waals surface area contributed by atoms with E-state index in [9.17, 15) is 4.79 Å². The van der Waals surface area contributed by atoms with Crippen LogP contribution in [0.15, 0.2) is 17.6 Å². The highest BCUT2D eigenvalue weighted by molar-refractivity contribution is 7.11.